The Hall–Kier alpha value is -5.22. The van der Waals surface area contributed by atoms with Gasteiger partial charge in [-0.05, 0) is 48.0 Å². The zero-order valence-corrected chi connectivity index (χ0v) is 22.2. The van der Waals surface area contributed by atoms with Gasteiger partial charge < -0.3 is 4.74 Å². The van der Waals surface area contributed by atoms with Crippen LogP contribution in [0.1, 0.15) is 26.3 Å². The second-order valence-corrected chi connectivity index (χ2v) is 9.46. The van der Waals surface area contributed by atoms with E-state index in [0.29, 0.717) is 27.7 Å². The fraction of sp³-hybridized carbons (Fsp3) is 0. The van der Waals surface area contributed by atoms with E-state index in [0.717, 1.165) is 16.1 Å². The molecule has 196 valence electrons. The van der Waals surface area contributed by atoms with Gasteiger partial charge in [-0.25, -0.2) is 15.2 Å². The maximum atomic E-state index is 13.2. The first kappa shape index (κ1) is 26.4. The molecule has 1 aromatic heterocycles. The highest BCUT2D eigenvalue weighted by atomic mass is 79.9. The molecule has 5 rings (SSSR count). The molecule has 0 fully saturated rings. The summed E-state index contributed by atoms with van der Waals surface area (Å²) < 4.78 is 6.30. The Morgan fingerprint density at radius 2 is 1.70 bits per heavy atom. The third-order valence-corrected chi connectivity index (χ3v) is 6.37. The average Bonchev–Trinajstić information content (AvgIpc) is 2.97. The van der Waals surface area contributed by atoms with Crippen LogP contribution in [-0.4, -0.2) is 28.0 Å². The number of hydrogen-bond acceptors (Lipinski definition) is 7. The van der Waals surface area contributed by atoms with Gasteiger partial charge in [-0.15, -0.1) is 0 Å². The van der Waals surface area contributed by atoms with E-state index >= 15 is 0 Å². The maximum absolute atomic E-state index is 13.2. The van der Waals surface area contributed by atoms with Crippen LogP contribution < -0.4 is 10.2 Å². The Balaban J connectivity index is 1.32. The molecule has 1 heterocycles. The number of rotatable bonds is 7. The van der Waals surface area contributed by atoms with Gasteiger partial charge in [0.2, 0.25) is 0 Å². The summed E-state index contributed by atoms with van der Waals surface area (Å²) in [6.07, 6.45) is 1.42. The number of nitro groups is 1. The molecule has 0 aliphatic heterocycles. The van der Waals surface area contributed by atoms with E-state index in [-0.39, 0.29) is 17.0 Å². The summed E-state index contributed by atoms with van der Waals surface area (Å²) in [5, 5.41) is 15.7. The molecule has 0 unspecified atom stereocenters. The summed E-state index contributed by atoms with van der Waals surface area (Å²) >= 11 is 3.43. The Morgan fingerprint density at radius 1 is 0.925 bits per heavy atom. The molecule has 10 heteroatoms. The lowest BCUT2D eigenvalue weighted by atomic mass is 10.0. The van der Waals surface area contributed by atoms with Crippen LogP contribution in [0.2, 0.25) is 0 Å². The minimum absolute atomic E-state index is 0.0487. The number of nitrogens with zero attached hydrogens (tertiary/aromatic N) is 3. The number of halogens is 1. The number of pyridine rings is 1. The monoisotopic (exact) mass is 594 g/mol. The van der Waals surface area contributed by atoms with Crippen molar-refractivity contribution in [2.24, 2.45) is 5.10 Å². The first-order chi connectivity index (χ1) is 19.4. The van der Waals surface area contributed by atoms with Crippen LogP contribution in [0.4, 0.5) is 5.69 Å². The van der Waals surface area contributed by atoms with Gasteiger partial charge in [0, 0.05) is 27.6 Å². The molecule has 0 aliphatic rings. The lowest BCUT2D eigenvalue weighted by molar-refractivity contribution is -0.384. The topological polar surface area (TPSA) is 124 Å². The standard InChI is InChI=1S/C30H19BrN4O5/c31-22-13-11-20(12-14-22)28-17-26(25-9-1-2-10-27(25)33-28)29(36)34-32-18-19-5-3-8-24(15-19)40-30(37)21-6-4-7-23(16-21)35(38)39/h1-18H,(H,34,36). The van der Waals surface area contributed by atoms with Crippen molar-refractivity contribution in [2.45, 2.75) is 0 Å². The molecule has 4 aromatic carbocycles. The number of hydrogen-bond donors (Lipinski definition) is 1. The summed E-state index contributed by atoms with van der Waals surface area (Å²) in [5.74, 6) is -0.940. The number of nitro benzene ring substituents is 1. The predicted octanol–water partition coefficient (Wildman–Crippen LogP) is 6.56. The Labute approximate surface area is 236 Å². The van der Waals surface area contributed by atoms with Gasteiger partial charge in [0.25, 0.3) is 11.6 Å². The van der Waals surface area contributed by atoms with Gasteiger partial charge in [0.1, 0.15) is 5.75 Å². The maximum Gasteiger partial charge on any atom is 0.343 e. The smallest absolute Gasteiger partial charge is 0.343 e. The van der Waals surface area contributed by atoms with Gasteiger partial charge in [-0.2, -0.15) is 5.10 Å². The molecule has 9 nitrogen and oxygen atoms in total. The minimum Gasteiger partial charge on any atom is -0.423 e. The van der Waals surface area contributed by atoms with E-state index in [4.69, 9.17) is 9.72 Å². The van der Waals surface area contributed by atoms with Crippen molar-refractivity contribution < 1.29 is 19.2 Å². The molecular formula is C30H19BrN4O5. The van der Waals surface area contributed by atoms with E-state index in [1.165, 1.54) is 24.4 Å². The normalized spacial score (nSPS) is 10.9. The van der Waals surface area contributed by atoms with Crippen LogP contribution in [0.15, 0.2) is 113 Å². The summed E-state index contributed by atoms with van der Waals surface area (Å²) in [7, 11) is 0. The SMILES string of the molecule is O=C(Oc1cccc(C=NNC(=O)c2cc(-c3ccc(Br)cc3)nc3ccccc23)c1)c1cccc([N+](=O)[O-])c1. The lowest BCUT2D eigenvalue weighted by Gasteiger charge is -2.09. The minimum atomic E-state index is -0.739. The molecular weight excluding hydrogens is 576 g/mol. The first-order valence-electron chi connectivity index (χ1n) is 11.9. The largest absolute Gasteiger partial charge is 0.423 e. The zero-order valence-electron chi connectivity index (χ0n) is 20.7. The van der Waals surface area contributed by atoms with Crippen LogP contribution >= 0.6 is 15.9 Å². The molecule has 0 saturated carbocycles. The third-order valence-electron chi connectivity index (χ3n) is 5.84. The Bertz CT molecular complexity index is 1790. The number of hydrazone groups is 1. The second-order valence-electron chi connectivity index (χ2n) is 8.55. The molecule has 0 bridgehead atoms. The van der Waals surface area contributed by atoms with Crippen LogP contribution in [0, 0.1) is 10.1 Å². The highest BCUT2D eigenvalue weighted by Gasteiger charge is 2.15. The number of carbonyl (C=O) groups is 2. The number of ether oxygens (including phenoxy) is 1. The van der Waals surface area contributed by atoms with Crippen LogP contribution in [0.25, 0.3) is 22.2 Å². The molecule has 5 aromatic rings. The van der Waals surface area contributed by atoms with Crippen LogP contribution in [0.5, 0.6) is 5.75 Å². The number of fused-ring (bicyclic) bond motifs is 1. The van der Waals surface area contributed by atoms with Gasteiger partial charge in [0.15, 0.2) is 0 Å². The first-order valence-corrected chi connectivity index (χ1v) is 12.7. The molecule has 1 N–H and O–H groups in total. The molecule has 0 aliphatic carbocycles. The van der Waals surface area contributed by atoms with Gasteiger partial charge >= 0.3 is 5.97 Å². The highest BCUT2D eigenvalue weighted by Crippen LogP contribution is 2.26. The number of esters is 1. The molecule has 40 heavy (non-hydrogen) atoms. The summed E-state index contributed by atoms with van der Waals surface area (Å²) in [6, 6.07) is 28.5. The van der Waals surface area contributed by atoms with E-state index in [9.17, 15) is 19.7 Å². The van der Waals surface area contributed by atoms with Crippen molar-refractivity contribution in [1.29, 1.82) is 0 Å². The zero-order chi connectivity index (χ0) is 28.1. The molecule has 0 atom stereocenters. The van der Waals surface area contributed by atoms with Crippen molar-refractivity contribution in [2.75, 3.05) is 0 Å². The van der Waals surface area contributed by atoms with Gasteiger partial charge in [-0.1, -0.05) is 64.5 Å². The van der Waals surface area contributed by atoms with Crippen molar-refractivity contribution in [3.05, 3.63) is 134 Å². The van der Waals surface area contributed by atoms with Gasteiger partial charge in [-0.3, -0.25) is 14.9 Å². The molecule has 0 saturated heterocycles. The summed E-state index contributed by atoms with van der Waals surface area (Å²) in [6.45, 7) is 0. The molecule has 1 amide bonds. The number of nitrogens with one attached hydrogen (secondary N) is 1. The average molecular weight is 595 g/mol. The number of non-ortho nitro benzene ring substituents is 1. The highest BCUT2D eigenvalue weighted by molar-refractivity contribution is 9.10. The summed E-state index contributed by atoms with van der Waals surface area (Å²) in [5.41, 5.74) is 5.56. The third kappa shape index (κ3) is 6.08. The second kappa shape index (κ2) is 11.7. The fourth-order valence-corrected chi connectivity index (χ4v) is 4.19. The van der Waals surface area contributed by atoms with Gasteiger partial charge in [0.05, 0.1) is 33.5 Å². The lowest BCUT2D eigenvalue weighted by Crippen LogP contribution is -2.18. The van der Waals surface area contributed by atoms with E-state index in [2.05, 4.69) is 26.5 Å². The number of aromatic nitrogens is 1. The number of para-hydroxylation sites is 1. The fourth-order valence-electron chi connectivity index (χ4n) is 3.93. The molecule has 0 radical (unpaired) electrons. The Kier molecular flexibility index (Phi) is 7.70. The van der Waals surface area contributed by atoms with Crippen molar-refractivity contribution in [1.82, 2.24) is 10.4 Å². The number of carbonyl (C=O) groups excluding carboxylic acids is 2. The van der Waals surface area contributed by atoms with Crippen molar-refractivity contribution in [3.63, 3.8) is 0 Å². The Morgan fingerprint density at radius 3 is 2.50 bits per heavy atom. The van der Waals surface area contributed by atoms with E-state index < -0.39 is 16.8 Å². The molecule has 0 spiro atoms. The van der Waals surface area contributed by atoms with Crippen LogP contribution in [-0.2, 0) is 0 Å². The predicted molar refractivity (Wildman–Crippen MR) is 154 cm³/mol. The number of benzene rings is 4. The van der Waals surface area contributed by atoms with Crippen LogP contribution in [0.3, 0.4) is 0 Å². The van der Waals surface area contributed by atoms with Crippen molar-refractivity contribution >= 4 is 50.6 Å². The quantitative estimate of drug-likeness (QED) is 0.0748. The number of amides is 1. The van der Waals surface area contributed by atoms with E-state index in [1.54, 1.807) is 30.3 Å². The summed E-state index contributed by atoms with van der Waals surface area (Å²) in [4.78, 5) is 40.7. The van der Waals surface area contributed by atoms with Crippen molar-refractivity contribution in [3.8, 4) is 17.0 Å². The van der Waals surface area contributed by atoms with E-state index in [1.807, 2.05) is 48.5 Å².